The lowest BCUT2D eigenvalue weighted by Crippen LogP contribution is -2.38. The molecule has 3 atom stereocenters. The number of hydrogen-bond acceptors (Lipinski definition) is 5. The molecule has 1 aromatic carbocycles. The third kappa shape index (κ3) is 2.96. The number of amides is 1. The van der Waals surface area contributed by atoms with Gasteiger partial charge in [-0.3, -0.25) is 9.89 Å². The summed E-state index contributed by atoms with van der Waals surface area (Å²) < 4.78 is 25.2. The molecule has 0 spiro atoms. The van der Waals surface area contributed by atoms with Crippen LogP contribution in [0.25, 0.3) is 11.3 Å². The van der Waals surface area contributed by atoms with E-state index in [-0.39, 0.29) is 30.2 Å². The number of rotatable bonds is 3. The molecular formula is C19H24N4O3S. The first-order chi connectivity index (χ1) is 12.8. The summed E-state index contributed by atoms with van der Waals surface area (Å²) in [5.41, 5.74) is 2.70. The maximum absolute atomic E-state index is 13.3. The van der Waals surface area contributed by atoms with Crippen LogP contribution in [0.2, 0.25) is 0 Å². The lowest BCUT2D eigenvalue weighted by Gasteiger charge is -2.25. The molecule has 1 N–H and O–H groups in total. The number of sulfone groups is 1. The van der Waals surface area contributed by atoms with Crippen molar-refractivity contribution in [2.75, 3.05) is 32.9 Å². The zero-order valence-electron chi connectivity index (χ0n) is 15.7. The number of likely N-dealkylation sites (tertiary alicyclic amines) is 1. The monoisotopic (exact) mass is 388 g/mol. The molecule has 2 fully saturated rings. The van der Waals surface area contributed by atoms with Crippen LogP contribution in [0.3, 0.4) is 0 Å². The highest BCUT2D eigenvalue weighted by Gasteiger charge is 2.53. The number of carbonyl (C=O) groups is 1. The first-order valence-electron chi connectivity index (χ1n) is 9.07. The van der Waals surface area contributed by atoms with Crippen molar-refractivity contribution in [1.82, 2.24) is 20.0 Å². The van der Waals surface area contributed by atoms with Gasteiger partial charge in [-0.1, -0.05) is 30.3 Å². The van der Waals surface area contributed by atoms with Crippen molar-refractivity contribution in [2.45, 2.75) is 18.2 Å². The summed E-state index contributed by atoms with van der Waals surface area (Å²) in [5, 5.41) is 6.76. The Morgan fingerprint density at radius 1 is 1.22 bits per heavy atom. The van der Waals surface area contributed by atoms with Gasteiger partial charge >= 0.3 is 0 Å². The molecule has 0 aliphatic carbocycles. The minimum atomic E-state index is -3.18. The van der Waals surface area contributed by atoms with Crippen LogP contribution >= 0.6 is 0 Å². The summed E-state index contributed by atoms with van der Waals surface area (Å²) in [7, 11) is 0.622. The van der Waals surface area contributed by atoms with Crippen LogP contribution in [0.15, 0.2) is 30.3 Å². The SMILES string of the molecule is Cc1[nH]nc(-c2ccccc2)c1C(=O)N1C[C@H]2[C@H](N(C)C)CS(=O)(=O)[C@H]2C1. The summed E-state index contributed by atoms with van der Waals surface area (Å²) in [6, 6.07) is 9.51. The number of fused-ring (bicyclic) bond motifs is 1. The van der Waals surface area contributed by atoms with Gasteiger partial charge in [-0.05, 0) is 21.0 Å². The number of H-pyrrole nitrogens is 1. The van der Waals surface area contributed by atoms with Gasteiger partial charge in [0.25, 0.3) is 5.91 Å². The summed E-state index contributed by atoms with van der Waals surface area (Å²) in [6.07, 6.45) is 0. The van der Waals surface area contributed by atoms with Gasteiger partial charge < -0.3 is 9.80 Å². The van der Waals surface area contributed by atoms with Gasteiger partial charge in [-0.15, -0.1) is 0 Å². The van der Waals surface area contributed by atoms with Gasteiger partial charge in [0, 0.05) is 36.3 Å². The van der Waals surface area contributed by atoms with E-state index in [1.807, 2.05) is 56.3 Å². The fourth-order valence-electron chi connectivity index (χ4n) is 4.39. The second kappa shape index (κ2) is 6.45. The average molecular weight is 388 g/mol. The largest absolute Gasteiger partial charge is 0.337 e. The molecule has 1 aromatic heterocycles. The molecule has 0 bridgehead atoms. The molecule has 8 heteroatoms. The first kappa shape index (κ1) is 18.2. The van der Waals surface area contributed by atoms with Crippen molar-refractivity contribution >= 4 is 15.7 Å². The van der Waals surface area contributed by atoms with Crippen LogP contribution < -0.4 is 0 Å². The molecule has 0 unspecified atom stereocenters. The zero-order chi connectivity index (χ0) is 19.3. The first-order valence-corrected chi connectivity index (χ1v) is 10.8. The lowest BCUT2D eigenvalue weighted by atomic mass is 10.00. The van der Waals surface area contributed by atoms with E-state index < -0.39 is 15.1 Å². The van der Waals surface area contributed by atoms with Gasteiger partial charge in [0.15, 0.2) is 9.84 Å². The molecule has 7 nitrogen and oxygen atoms in total. The predicted molar refractivity (Wildman–Crippen MR) is 103 cm³/mol. The summed E-state index contributed by atoms with van der Waals surface area (Å²) >= 11 is 0. The Bertz CT molecular complexity index is 968. The predicted octanol–water partition coefficient (Wildman–Crippen LogP) is 1.18. The van der Waals surface area contributed by atoms with Crippen molar-refractivity contribution in [3.63, 3.8) is 0 Å². The molecule has 27 heavy (non-hydrogen) atoms. The van der Waals surface area contributed by atoms with E-state index in [4.69, 9.17) is 0 Å². The van der Waals surface area contributed by atoms with E-state index in [2.05, 4.69) is 10.2 Å². The number of carbonyl (C=O) groups excluding carboxylic acids is 1. The van der Waals surface area contributed by atoms with Crippen molar-refractivity contribution in [1.29, 1.82) is 0 Å². The van der Waals surface area contributed by atoms with Crippen molar-refractivity contribution in [3.05, 3.63) is 41.6 Å². The Kier molecular flexibility index (Phi) is 4.35. The van der Waals surface area contributed by atoms with Crippen LogP contribution in [0, 0.1) is 12.8 Å². The smallest absolute Gasteiger partial charge is 0.258 e. The molecule has 2 aromatic rings. The number of nitrogens with one attached hydrogen (secondary N) is 1. The normalized spacial score (nSPS) is 26.5. The quantitative estimate of drug-likeness (QED) is 0.853. The second-order valence-corrected chi connectivity index (χ2v) is 9.98. The van der Waals surface area contributed by atoms with Crippen LogP contribution in [0.1, 0.15) is 16.1 Å². The standard InChI is InChI=1S/C19H24N4O3S/c1-12-17(18(21-20-12)13-7-5-4-6-8-13)19(24)23-9-14-15(22(2)3)11-27(25,26)16(14)10-23/h4-8,14-16H,9-11H2,1-3H3,(H,20,21)/t14-,15+,16-/m0/s1. The second-order valence-electron chi connectivity index (χ2n) is 7.71. The van der Waals surface area contributed by atoms with Crippen LogP contribution in [0.4, 0.5) is 0 Å². The molecule has 4 rings (SSSR count). The minimum absolute atomic E-state index is 0.0404. The number of aromatic nitrogens is 2. The van der Waals surface area contributed by atoms with Gasteiger partial charge in [-0.2, -0.15) is 5.10 Å². The molecule has 0 radical (unpaired) electrons. The van der Waals surface area contributed by atoms with E-state index in [0.717, 1.165) is 5.56 Å². The van der Waals surface area contributed by atoms with Crippen LogP contribution in [-0.2, 0) is 9.84 Å². The highest BCUT2D eigenvalue weighted by Crippen LogP contribution is 2.37. The topological polar surface area (TPSA) is 86.4 Å². The summed E-state index contributed by atoms with van der Waals surface area (Å²) in [4.78, 5) is 17.0. The highest BCUT2D eigenvalue weighted by molar-refractivity contribution is 7.92. The lowest BCUT2D eigenvalue weighted by molar-refractivity contribution is 0.0779. The third-order valence-corrected chi connectivity index (χ3v) is 8.05. The molecule has 0 saturated carbocycles. The van der Waals surface area contributed by atoms with E-state index in [0.29, 0.717) is 23.5 Å². The van der Waals surface area contributed by atoms with Gasteiger partial charge in [0.2, 0.25) is 0 Å². The van der Waals surface area contributed by atoms with E-state index in [1.54, 1.807) is 4.90 Å². The molecule has 2 saturated heterocycles. The van der Waals surface area contributed by atoms with Gasteiger partial charge in [0.05, 0.1) is 16.6 Å². The Morgan fingerprint density at radius 2 is 1.93 bits per heavy atom. The highest BCUT2D eigenvalue weighted by atomic mass is 32.2. The van der Waals surface area contributed by atoms with Crippen LogP contribution in [0.5, 0.6) is 0 Å². The maximum atomic E-state index is 13.3. The molecule has 144 valence electrons. The zero-order valence-corrected chi connectivity index (χ0v) is 16.5. The molecule has 1 amide bonds. The van der Waals surface area contributed by atoms with Gasteiger partial charge in [-0.25, -0.2) is 8.42 Å². The minimum Gasteiger partial charge on any atom is -0.337 e. The third-order valence-electron chi connectivity index (χ3n) is 5.83. The number of nitrogens with zero attached hydrogens (tertiary/aromatic N) is 3. The van der Waals surface area contributed by atoms with E-state index in [9.17, 15) is 13.2 Å². The number of aromatic amines is 1. The molecule has 2 aliphatic rings. The van der Waals surface area contributed by atoms with Gasteiger partial charge in [0.1, 0.15) is 5.69 Å². The number of benzene rings is 1. The van der Waals surface area contributed by atoms with Crippen molar-refractivity contribution in [2.24, 2.45) is 5.92 Å². The Labute approximate surface area is 159 Å². The maximum Gasteiger partial charge on any atom is 0.258 e. The average Bonchev–Trinajstić information content (AvgIpc) is 3.29. The molecule has 3 heterocycles. The van der Waals surface area contributed by atoms with E-state index >= 15 is 0 Å². The molecule has 2 aliphatic heterocycles. The Hall–Kier alpha value is -2.19. The van der Waals surface area contributed by atoms with Crippen LogP contribution in [-0.4, -0.2) is 78.6 Å². The Morgan fingerprint density at radius 3 is 2.59 bits per heavy atom. The number of aryl methyl sites for hydroxylation is 1. The summed E-state index contributed by atoms with van der Waals surface area (Å²) in [6.45, 7) is 2.54. The summed E-state index contributed by atoms with van der Waals surface area (Å²) in [5.74, 6) is -0.0132. The fourth-order valence-corrected chi connectivity index (χ4v) is 6.86. The van der Waals surface area contributed by atoms with Crippen molar-refractivity contribution in [3.8, 4) is 11.3 Å². The van der Waals surface area contributed by atoms with E-state index in [1.165, 1.54) is 0 Å². The van der Waals surface area contributed by atoms with Crippen molar-refractivity contribution < 1.29 is 13.2 Å². The Balaban J connectivity index is 1.66. The fraction of sp³-hybridized carbons (Fsp3) is 0.474. The molecular weight excluding hydrogens is 364 g/mol. The number of hydrogen-bond donors (Lipinski definition) is 1.